The number of nitrogens with zero attached hydrogens (tertiary/aromatic N) is 3. The zero-order valence-corrected chi connectivity index (χ0v) is 13.0. The van der Waals surface area contributed by atoms with Crippen molar-refractivity contribution in [3.8, 4) is 28.5 Å². The van der Waals surface area contributed by atoms with Gasteiger partial charge in [-0.25, -0.2) is 9.55 Å². The SMILES string of the molecule is COc1cc(-c2nc(C)n(C)c2[N+](=O)[O-])cc(OC)c1OC. The molecule has 0 spiro atoms. The summed E-state index contributed by atoms with van der Waals surface area (Å²) in [5.41, 5.74) is 0.772. The Kier molecular flexibility index (Phi) is 4.20. The third-order valence-corrected chi connectivity index (χ3v) is 3.40. The minimum absolute atomic E-state index is 0.0910. The summed E-state index contributed by atoms with van der Waals surface area (Å²) in [5, 5.41) is 11.3. The Bertz CT molecular complexity index is 699. The van der Waals surface area contributed by atoms with Crippen LogP contribution in [0.2, 0.25) is 0 Å². The standard InChI is InChI=1S/C14H17N3O5/c1-8-15-12(14(16(8)2)17(18)19)9-6-10(20-3)13(22-5)11(7-9)21-4/h6-7H,1-5H3. The van der Waals surface area contributed by atoms with Crippen molar-refractivity contribution < 1.29 is 19.1 Å². The highest BCUT2D eigenvalue weighted by molar-refractivity contribution is 5.74. The fraction of sp³-hybridized carbons (Fsp3) is 0.357. The van der Waals surface area contributed by atoms with E-state index in [1.54, 1.807) is 26.1 Å². The van der Waals surface area contributed by atoms with Crippen LogP contribution in [0.1, 0.15) is 5.82 Å². The first-order valence-electron chi connectivity index (χ1n) is 6.42. The highest BCUT2D eigenvalue weighted by atomic mass is 16.6. The predicted octanol–water partition coefficient (Wildman–Crippen LogP) is 2.33. The molecule has 1 heterocycles. The summed E-state index contributed by atoms with van der Waals surface area (Å²) >= 11 is 0. The molecule has 1 aromatic carbocycles. The van der Waals surface area contributed by atoms with E-state index in [1.807, 2.05) is 0 Å². The van der Waals surface area contributed by atoms with Gasteiger partial charge in [0.2, 0.25) is 5.75 Å². The van der Waals surface area contributed by atoms with E-state index >= 15 is 0 Å². The van der Waals surface area contributed by atoms with E-state index in [1.165, 1.54) is 25.9 Å². The molecule has 0 aliphatic carbocycles. The smallest absolute Gasteiger partial charge is 0.350 e. The van der Waals surface area contributed by atoms with Gasteiger partial charge in [-0.2, -0.15) is 0 Å². The van der Waals surface area contributed by atoms with Gasteiger partial charge >= 0.3 is 5.82 Å². The monoisotopic (exact) mass is 307 g/mol. The Hall–Kier alpha value is -2.77. The van der Waals surface area contributed by atoms with Crippen LogP contribution in [0.5, 0.6) is 17.2 Å². The second-order valence-electron chi connectivity index (χ2n) is 4.56. The lowest BCUT2D eigenvalue weighted by Gasteiger charge is -2.13. The third kappa shape index (κ3) is 2.43. The van der Waals surface area contributed by atoms with Gasteiger partial charge in [0, 0.05) is 12.5 Å². The van der Waals surface area contributed by atoms with E-state index in [2.05, 4.69) is 4.98 Å². The van der Waals surface area contributed by atoms with Crippen molar-refractivity contribution in [2.75, 3.05) is 21.3 Å². The molecule has 1 aromatic heterocycles. The topological polar surface area (TPSA) is 88.7 Å². The Balaban J connectivity index is 2.73. The summed E-state index contributed by atoms with van der Waals surface area (Å²) in [6, 6.07) is 3.27. The molecule has 0 unspecified atom stereocenters. The number of aryl methyl sites for hydroxylation is 1. The average Bonchev–Trinajstić information content (AvgIpc) is 2.81. The normalized spacial score (nSPS) is 10.4. The molecule has 0 aliphatic heterocycles. The molecule has 2 rings (SSSR count). The molecule has 118 valence electrons. The van der Waals surface area contributed by atoms with Crippen molar-refractivity contribution in [3.63, 3.8) is 0 Å². The molecular formula is C14H17N3O5. The summed E-state index contributed by atoms with van der Waals surface area (Å²) in [4.78, 5) is 15.1. The number of benzene rings is 1. The van der Waals surface area contributed by atoms with E-state index in [-0.39, 0.29) is 11.5 Å². The van der Waals surface area contributed by atoms with Gasteiger partial charge in [-0.1, -0.05) is 0 Å². The third-order valence-electron chi connectivity index (χ3n) is 3.40. The Morgan fingerprint density at radius 1 is 1.14 bits per heavy atom. The Morgan fingerprint density at radius 3 is 2.09 bits per heavy atom. The lowest BCUT2D eigenvalue weighted by atomic mass is 10.1. The zero-order chi connectivity index (χ0) is 16.4. The van der Waals surface area contributed by atoms with E-state index in [0.29, 0.717) is 28.6 Å². The summed E-state index contributed by atoms with van der Waals surface area (Å²) in [5.74, 6) is 1.69. The van der Waals surface area contributed by atoms with E-state index in [9.17, 15) is 10.1 Å². The Labute approximate surface area is 127 Å². The number of rotatable bonds is 5. The van der Waals surface area contributed by atoms with Crippen LogP contribution < -0.4 is 14.2 Å². The maximum atomic E-state index is 11.3. The van der Waals surface area contributed by atoms with E-state index in [0.717, 1.165) is 0 Å². The van der Waals surface area contributed by atoms with Crippen LogP contribution >= 0.6 is 0 Å². The number of ether oxygens (including phenoxy) is 3. The first-order chi connectivity index (χ1) is 10.4. The van der Waals surface area contributed by atoms with Gasteiger partial charge < -0.3 is 24.3 Å². The lowest BCUT2D eigenvalue weighted by molar-refractivity contribution is -0.391. The molecule has 0 atom stereocenters. The molecule has 8 heteroatoms. The molecule has 0 radical (unpaired) electrons. The quantitative estimate of drug-likeness (QED) is 0.622. The molecule has 0 saturated carbocycles. The molecule has 8 nitrogen and oxygen atoms in total. The molecule has 0 aliphatic rings. The molecule has 0 amide bonds. The van der Waals surface area contributed by atoms with Gasteiger partial charge in [-0.15, -0.1) is 0 Å². The largest absolute Gasteiger partial charge is 0.493 e. The van der Waals surface area contributed by atoms with Crippen LogP contribution in [0.3, 0.4) is 0 Å². The van der Waals surface area contributed by atoms with E-state index < -0.39 is 4.92 Å². The highest BCUT2D eigenvalue weighted by Crippen LogP contribution is 2.42. The number of hydrogen-bond acceptors (Lipinski definition) is 6. The lowest BCUT2D eigenvalue weighted by Crippen LogP contribution is -2.00. The van der Waals surface area contributed by atoms with Crippen molar-refractivity contribution >= 4 is 5.82 Å². The van der Waals surface area contributed by atoms with Crippen molar-refractivity contribution in [3.05, 3.63) is 28.1 Å². The minimum Gasteiger partial charge on any atom is -0.493 e. The highest BCUT2D eigenvalue weighted by Gasteiger charge is 2.26. The van der Waals surface area contributed by atoms with Crippen molar-refractivity contribution in [1.29, 1.82) is 0 Å². The fourth-order valence-corrected chi connectivity index (χ4v) is 2.22. The first-order valence-corrected chi connectivity index (χ1v) is 6.42. The second-order valence-corrected chi connectivity index (χ2v) is 4.56. The summed E-state index contributed by atoms with van der Waals surface area (Å²) < 4.78 is 17.2. The number of imidazole rings is 1. The number of aromatic nitrogens is 2. The van der Waals surface area contributed by atoms with Crippen LogP contribution in [-0.4, -0.2) is 35.8 Å². The molecule has 22 heavy (non-hydrogen) atoms. The molecular weight excluding hydrogens is 290 g/mol. The Morgan fingerprint density at radius 2 is 1.68 bits per heavy atom. The summed E-state index contributed by atoms with van der Waals surface area (Å²) in [6.07, 6.45) is 0. The first kappa shape index (κ1) is 15.6. The van der Waals surface area contributed by atoms with Gasteiger partial charge in [0.15, 0.2) is 23.0 Å². The van der Waals surface area contributed by atoms with Crippen LogP contribution in [0.25, 0.3) is 11.3 Å². The maximum absolute atomic E-state index is 11.3. The van der Waals surface area contributed by atoms with Gasteiger partial charge in [0.05, 0.1) is 28.4 Å². The molecule has 0 bridgehead atoms. The van der Waals surface area contributed by atoms with Crippen LogP contribution in [0.4, 0.5) is 5.82 Å². The number of nitro groups is 1. The van der Waals surface area contributed by atoms with Crippen LogP contribution in [-0.2, 0) is 7.05 Å². The van der Waals surface area contributed by atoms with Crippen molar-refractivity contribution in [1.82, 2.24) is 9.55 Å². The predicted molar refractivity (Wildman–Crippen MR) is 79.7 cm³/mol. The summed E-state index contributed by atoms with van der Waals surface area (Å²) in [6.45, 7) is 1.70. The number of hydrogen-bond donors (Lipinski definition) is 0. The molecule has 0 saturated heterocycles. The fourth-order valence-electron chi connectivity index (χ4n) is 2.22. The van der Waals surface area contributed by atoms with Crippen molar-refractivity contribution in [2.45, 2.75) is 6.92 Å². The van der Waals surface area contributed by atoms with Crippen molar-refractivity contribution in [2.24, 2.45) is 7.05 Å². The van der Waals surface area contributed by atoms with Gasteiger partial charge in [0.1, 0.15) is 0 Å². The minimum atomic E-state index is -0.460. The maximum Gasteiger partial charge on any atom is 0.350 e. The average molecular weight is 307 g/mol. The molecule has 0 fully saturated rings. The van der Waals surface area contributed by atoms with Gasteiger partial charge in [-0.3, -0.25) is 0 Å². The second kappa shape index (κ2) is 5.92. The molecule has 2 aromatic rings. The number of methoxy groups -OCH3 is 3. The summed E-state index contributed by atoms with van der Waals surface area (Å²) in [7, 11) is 6.06. The van der Waals surface area contributed by atoms with E-state index in [4.69, 9.17) is 14.2 Å². The molecule has 0 N–H and O–H groups in total. The van der Waals surface area contributed by atoms with Gasteiger partial charge in [-0.05, 0) is 17.1 Å². The zero-order valence-electron chi connectivity index (χ0n) is 13.0. The van der Waals surface area contributed by atoms with Gasteiger partial charge in [0.25, 0.3) is 0 Å². The van der Waals surface area contributed by atoms with Crippen LogP contribution in [0, 0.1) is 17.0 Å². The van der Waals surface area contributed by atoms with Crippen LogP contribution in [0.15, 0.2) is 12.1 Å².